The van der Waals surface area contributed by atoms with Crippen LogP contribution in [0.25, 0.3) is 11.1 Å². The standard InChI is InChI=1S/C23H19ClN2O3.C19H18FNO4/c24-18-9-5-4-8-17(18)20-12-13-21(23(28)29)26(20)22(27)19-11-10-16(14-25-19)15-6-2-1-3-7-15;1-25-13-6-4-5-12(11-13)18(22)21-16(9-10-17(21)19(23)24)14-7-2-3-8-15(14)20/h1-11,14,20-21H,12-13H2,(H,28,29);2-8,11,16-17H,9-10H2,1H3,(H,23,24)/t20-,21+;16-,17+/m11/s1. The molecule has 2 saturated heterocycles. The third kappa shape index (κ3) is 7.96. The zero-order valence-electron chi connectivity index (χ0n) is 29.2. The second-order valence-electron chi connectivity index (χ2n) is 12.9. The number of carboxylic acid groups (broad SMARTS) is 2. The summed E-state index contributed by atoms with van der Waals surface area (Å²) in [6, 6.07) is 30.2. The van der Waals surface area contributed by atoms with Crippen LogP contribution in [0.15, 0.2) is 121 Å². The predicted octanol–water partition coefficient (Wildman–Crippen LogP) is 8.10. The molecule has 2 N–H and O–H groups in total. The van der Waals surface area contributed by atoms with Crippen LogP contribution in [0.2, 0.25) is 5.02 Å². The first-order valence-corrected chi connectivity index (χ1v) is 17.7. The van der Waals surface area contributed by atoms with E-state index >= 15 is 0 Å². The highest BCUT2D eigenvalue weighted by Gasteiger charge is 2.44. The third-order valence-electron chi connectivity index (χ3n) is 9.74. The lowest BCUT2D eigenvalue weighted by Gasteiger charge is -2.29. The number of hydrogen-bond acceptors (Lipinski definition) is 6. The van der Waals surface area contributed by atoms with Gasteiger partial charge in [-0.05, 0) is 73.2 Å². The number of methoxy groups -OCH3 is 1. The lowest BCUT2D eigenvalue weighted by molar-refractivity contribution is -0.142. The summed E-state index contributed by atoms with van der Waals surface area (Å²) in [5, 5.41) is 19.7. The van der Waals surface area contributed by atoms with Crippen LogP contribution in [0.1, 0.15) is 69.7 Å². The molecule has 0 unspecified atom stereocenters. The Morgan fingerprint density at radius 3 is 1.87 bits per heavy atom. The summed E-state index contributed by atoms with van der Waals surface area (Å²) < 4.78 is 19.3. The number of nitrogens with zero attached hydrogens (tertiary/aromatic N) is 3. The maximum atomic E-state index is 14.2. The molecular weight excluding hydrogens is 713 g/mol. The minimum absolute atomic E-state index is 0.217. The molecule has 0 aliphatic carbocycles. The quantitative estimate of drug-likeness (QED) is 0.162. The van der Waals surface area contributed by atoms with Gasteiger partial charge < -0.3 is 24.7 Å². The van der Waals surface area contributed by atoms with Crippen LogP contribution in [-0.4, -0.2) is 67.9 Å². The number of carbonyl (C=O) groups excluding carboxylic acids is 2. The van der Waals surface area contributed by atoms with Crippen LogP contribution < -0.4 is 4.74 Å². The van der Waals surface area contributed by atoms with Gasteiger partial charge in [0.1, 0.15) is 29.3 Å². The number of benzene rings is 4. The highest BCUT2D eigenvalue weighted by atomic mass is 35.5. The number of ether oxygens (including phenoxy) is 1. The van der Waals surface area contributed by atoms with Gasteiger partial charge in [-0.15, -0.1) is 0 Å². The molecule has 0 bridgehead atoms. The number of pyridine rings is 1. The Hall–Kier alpha value is -6.07. The van der Waals surface area contributed by atoms with Gasteiger partial charge in [-0.1, -0.05) is 90.5 Å². The normalized spacial score (nSPS) is 19.1. The molecule has 2 amide bonds. The van der Waals surface area contributed by atoms with Crippen molar-refractivity contribution in [2.45, 2.75) is 49.9 Å². The van der Waals surface area contributed by atoms with Crippen molar-refractivity contribution < 1.29 is 38.5 Å². The van der Waals surface area contributed by atoms with E-state index < -0.39 is 53.7 Å². The number of aliphatic carboxylic acids is 2. The van der Waals surface area contributed by atoms with Crippen molar-refractivity contribution in [1.82, 2.24) is 14.8 Å². The lowest BCUT2D eigenvalue weighted by Crippen LogP contribution is -2.42. The van der Waals surface area contributed by atoms with Gasteiger partial charge >= 0.3 is 11.9 Å². The topological polar surface area (TPSA) is 137 Å². The lowest BCUT2D eigenvalue weighted by atomic mass is 10.0. The number of hydrogen-bond donors (Lipinski definition) is 2. The van der Waals surface area contributed by atoms with Crippen LogP contribution in [0.5, 0.6) is 5.75 Å². The Balaban J connectivity index is 0.000000186. The first kappa shape index (κ1) is 37.7. The number of halogens is 2. The molecule has 0 radical (unpaired) electrons. The zero-order valence-corrected chi connectivity index (χ0v) is 30.0. The predicted molar refractivity (Wildman–Crippen MR) is 200 cm³/mol. The van der Waals surface area contributed by atoms with E-state index in [9.17, 15) is 33.8 Å². The average molecular weight is 750 g/mol. The molecule has 2 aliphatic rings. The second-order valence-corrected chi connectivity index (χ2v) is 13.3. The highest BCUT2D eigenvalue weighted by molar-refractivity contribution is 6.31. The molecule has 10 nitrogen and oxygen atoms in total. The van der Waals surface area contributed by atoms with Crippen molar-refractivity contribution in [1.29, 1.82) is 0 Å². The molecule has 1 aromatic heterocycles. The van der Waals surface area contributed by atoms with E-state index in [4.69, 9.17) is 16.3 Å². The van der Waals surface area contributed by atoms with Gasteiger partial charge in [-0.25, -0.2) is 14.0 Å². The van der Waals surface area contributed by atoms with E-state index in [1.165, 1.54) is 23.0 Å². The largest absolute Gasteiger partial charge is 0.497 e. The molecule has 4 atom stereocenters. The maximum absolute atomic E-state index is 14.2. The summed E-state index contributed by atoms with van der Waals surface area (Å²) in [5.74, 6) is -2.90. The van der Waals surface area contributed by atoms with Crippen molar-refractivity contribution in [3.8, 4) is 16.9 Å². The number of rotatable bonds is 8. The fourth-order valence-electron chi connectivity index (χ4n) is 7.13. The molecule has 276 valence electrons. The van der Waals surface area contributed by atoms with Gasteiger partial charge in [0.05, 0.1) is 19.2 Å². The molecule has 4 aromatic carbocycles. The summed E-state index contributed by atoms with van der Waals surface area (Å²) in [6.07, 6.45) is 3.23. The summed E-state index contributed by atoms with van der Waals surface area (Å²) >= 11 is 6.34. The minimum atomic E-state index is -1.09. The Morgan fingerprint density at radius 2 is 1.28 bits per heavy atom. The van der Waals surface area contributed by atoms with Gasteiger partial charge in [0.25, 0.3) is 11.8 Å². The highest BCUT2D eigenvalue weighted by Crippen LogP contribution is 2.41. The number of aromatic nitrogens is 1. The van der Waals surface area contributed by atoms with Crippen molar-refractivity contribution in [2.24, 2.45) is 0 Å². The Kier molecular flexibility index (Phi) is 11.7. The molecule has 12 heteroatoms. The second kappa shape index (κ2) is 16.7. The zero-order chi connectivity index (χ0) is 38.4. The molecule has 2 aliphatic heterocycles. The van der Waals surface area contributed by atoms with Crippen molar-refractivity contribution in [3.05, 3.63) is 155 Å². The molecule has 2 fully saturated rings. The van der Waals surface area contributed by atoms with Gasteiger partial charge in [-0.3, -0.25) is 14.6 Å². The van der Waals surface area contributed by atoms with Gasteiger partial charge in [0, 0.05) is 27.9 Å². The van der Waals surface area contributed by atoms with Crippen molar-refractivity contribution in [3.63, 3.8) is 0 Å². The van der Waals surface area contributed by atoms with Crippen LogP contribution >= 0.6 is 11.6 Å². The molecule has 5 aromatic rings. The Morgan fingerprint density at radius 1 is 0.685 bits per heavy atom. The number of amides is 2. The number of carbonyl (C=O) groups is 4. The van der Waals surface area contributed by atoms with Gasteiger partial charge in [0.15, 0.2) is 0 Å². The van der Waals surface area contributed by atoms with Crippen LogP contribution in [0.4, 0.5) is 4.39 Å². The molecule has 7 rings (SSSR count). The van der Waals surface area contributed by atoms with Gasteiger partial charge in [0.2, 0.25) is 0 Å². The maximum Gasteiger partial charge on any atom is 0.326 e. The van der Waals surface area contributed by atoms with Crippen molar-refractivity contribution in [2.75, 3.05) is 7.11 Å². The molecular formula is C42H37ClFN3O7. The molecule has 0 spiro atoms. The number of carboxylic acids is 2. The minimum Gasteiger partial charge on any atom is -0.497 e. The Labute approximate surface area is 316 Å². The summed E-state index contributed by atoms with van der Waals surface area (Å²) in [5.41, 5.74) is 3.51. The van der Waals surface area contributed by atoms with Crippen molar-refractivity contribution >= 4 is 35.4 Å². The Bertz CT molecular complexity index is 2150. The van der Waals surface area contributed by atoms with E-state index in [2.05, 4.69) is 4.98 Å². The van der Waals surface area contributed by atoms with E-state index in [1.54, 1.807) is 60.8 Å². The molecule has 0 saturated carbocycles. The molecule has 54 heavy (non-hydrogen) atoms. The SMILES string of the molecule is COc1cccc(C(=O)N2[C@@H](c3ccccc3F)CC[C@H]2C(=O)O)c1.O=C(O)[C@@H]1CC[C@H](c2ccccc2Cl)N1C(=O)c1ccc(-c2ccccc2)cn1. The van der Waals surface area contributed by atoms with Crippen LogP contribution in [0, 0.1) is 5.82 Å². The van der Waals surface area contributed by atoms with E-state index in [0.717, 1.165) is 16.7 Å². The summed E-state index contributed by atoms with van der Waals surface area (Å²) in [6.45, 7) is 0. The third-order valence-corrected chi connectivity index (χ3v) is 10.1. The first-order chi connectivity index (χ1) is 26.1. The summed E-state index contributed by atoms with van der Waals surface area (Å²) in [4.78, 5) is 56.7. The summed E-state index contributed by atoms with van der Waals surface area (Å²) in [7, 11) is 1.49. The average Bonchev–Trinajstić information content (AvgIpc) is 3.85. The van der Waals surface area contributed by atoms with E-state index in [0.29, 0.717) is 41.2 Å². The van der Waals surface area contributed by atoms with Crippen LogP contribution in [0.3, 0.4) is 0 Å². The van der Waals surface area contributed by atoms with E-state index in [1.807, 2.05) is 54.6 Å². The molecule has 3 heterocycles. The number of likely N-dealkylation sites (tertiary alicyclic amines) is 2. The fourth-order valence-corrected chi connectivity index (χ4v) is 7.40. The van der Waals surface area contributed by atoms with Gasteiger partial charge in [-0.2, -0.15) is 0 Å². The monoisotopic (exact) mass is 749 g/mol. The first-order valence-electron chi connectivity index (χ1n) is 17.3. The fraction of sp³-hybridized carbons (Fsp3) is 0.214. The smallest absolute Gasteiger partial charge is 0.326 e. The van der Waals surface area contributed by atoms with E-state index in [-0.39, 0.29) is 12.1 Å². The van der Waals surface area contributed by atoms with Crippen LogP contribution in [-0.2, 0) is 9.59 Å².